The predicted molar refractivity (Wildman–Crippen MR) is 238 cm³/mol. The van der Waals surface area contributed by atoms with Crippen LogP contribution in [-0.4, -0.2) is 30.7 Å². The van der Waals surface area contributed by atoms with Crippen molar-refractivity contribution in [1.29, 1.82) is 21.0 Å². The Bertz CT molecular complexity index is 2580. The van der Waals surface area contributed by atoms with Crippen molar-refractivity contribution in [2.75, 3.05) is 14.2 Å². The number of hydrogen-bond donors (Lipinski definition) is 0. The molecule has 0 N–H and O–H groups in total. The minimum Gasteiger partial charge on any atom is -0.496 e. The molecule has 5 unspecified atom stereocenters. The average Bonchev–Trinajstić information content (AvgIpc) is 4.10. The number of hydrogen-bond acceptors (Lipinski definition) is 12. The van der Waals surface area contributed by atoms with E-state index in [1.807, 2.05) is 59.9 Å². The minimum absolute atomic E-state index is 0.0746. The van der Waals surface area contributed by atoms with E-state index in [1.165, 1.54) is 39.4 Å². The summed E-state index contributed by atoms with van der Waals surface area (Å²) in [7, 11) is 3.38. The fraction of sp³-hybridized carbons (Fsp3) is 0.417. The molecule has 0 aromatic carbocycles. The van der Waals surface area contributed by atoms with E-state index >= 15 is 0 Å². The molecule has 0 radical (unpaired) electrons. The summed E-state index contributed by atoms with van der Waals surface area (Å²) in [6.45, 7) is 0. The summed E-state index contributed by atoms with van der Waals surface area (Å²) in [4.78, 5) is 6.35. The van der Waals surface area contributed by atoms with Crippen molar-refractivity contribution in [3.63, 3.8) is 0 Å². The van der Waals surface area contributed by atoms with E-state index < -0.39 is 0 Å². The molecule has 1 saturated heterocycles. The number of nitriles is 4. The van der Waals surface area contributed by atoms with Crippen LogP contribution in [0.2, 0.25) is 0 Å². The molecule has 8 aliphatic rings. The standard InChI is InChI=1S/C48H42N4O4S4/c1-53-39-19-31(13-27(23-49)24-50)57-45(39)41-21-35-43(59-41)33-15-29-18-38-34(16-30(29)17-37(33)55-47(35)9-5-3-6-10-47)44-36(48(56-38)11-7-4-8-12-48)22-42(60-44)46-40(54-2)20-32(58-46)14-28(25-51)26-52/h13-21,29-30,35,42-43H,3-12,22H2,1-2H3. The van der Waals surface area contributed by atoms with Gasteiger partial charge in [-0.15, -0.1) is 46.2 Å². The van der Waals surface area contributed by atoms with Gasteiger partial charge in [-0.1, -0.05) is 31.1 Å². The number of ether oxygens (including phenoxy) is 4. The summed E-state index contributed by atoms with van der Waals surface area (Å²) in [6, 6.07) is 11.9. The third-order valence-electron chi connectivity index (χ3n) is 13.4. The van der Waals surface area contributed by atoms with Gasteiger partial charge >= 0.3 is 0 Å². The average molecular weight is 867 g/mol. The Hall–Kier alpha value is -4.82. The van der Waals surface area contributed by atoms with Gasteiger partial charge < -0.3 is 18.9 Å². The highest BCUT2D eigenvalue weighted by Gasteiger charge is 2.55. The van der Waals surface area contributed by atoms with E-state index in [0.717, 1.165) is 100 Å². The number of fused-ring (bicyclic) bond motifs is 8. The monoisotopic (exact) mass is 866 g/mol. The van der Waals surface area contributed by atoms with E-state index in [9.17, 15) is 21.0 Å². The summed E-state index contributed by atoms with van der Waals surface area (Å²) < 4.78 is 26.5. The van der Waals surface area contributed by atoms with Crippen molar-refractivity contribution in [1.82, 2.24) is 0 Å². The molecule has 60 heavy (non-hydrogen) atoms. The lowest BCUT2D eigenvalue weighted by Crippen LogP contribution is -2.50. The van der Waals surface area contributed by atoms with Gasteiger partial charge in [0.1, 0.15) is 69.6 Å². The van der Waals surface area contributed by atoms with Gasteiger partial charge in [0.25, 0.3) is 0 Å². The van der Waals surface area contributed by atoms with Gasteiger partial charge in [-0.05, 0) is 99.8 Å². The van der Waals surface area contributed by atoms with Crippen LogP contribution in [0.5, 0.6) is 11.5 Å². The number of thiophene rings is 2. The van der Waals surface area contributed by atoms with Gasteiger partial charge in [0.15, 0.2) is 0 Å². The van der Waals surface area contributed by atoms with Crippen LogP contribution in [0.25, 0.3) is 17.1 Å². The van der Waals surface area contributed by atoms with Crippen LogP contribution >= 0.6 is 46.2 Å². The Morgan fingerprint density at radius 1 is 0.717 bits per heavy atom. The zero-order valence-electron chi connectivity index (χ0n) is 33.4. The number of nitrogens with zero attached hydrogens (tertiary/aromatic N) is 4. The summed E-state index contributed by atoms with van der Waals surface area (Å²) >= 11 is 7.00. The molecule has 2 saturated carbocycles. The first-order chi connectivity index (χ1) is 29.3. The molecule has 5 atom stereocenters. The highest BCUT2D eigenvalue weighted by molar-refractivity contribution is 8.09. The first-order valence-electron chi connectivity index (χ1n) is 20.8. The van der Waals surface area contributed by atoms with Crippen LogP contribution in [-0.2, 0) is 9.47 Å². The molecular weight excluding hydrogens is 825 g/mol. The lowest BCUT2D eigenvalue weighted by molar-refractivity contribution is -0.0712. The normalized spacial score (nSPS) is 27.4. The van der Waals surface area contributed by atoms with Gasteiger partial charge in [-0.25, -0.2) is 0 Å². The van der Waals surface area contributed by atoms with E-state index in [0.29, 0.717) is 0 Å². The number of methoxy groups -OCH3 is 2. The van der Waals surface area contributed by atoms with Crippen molar-refractivity contribution >= 4 is 63.3 Å². The molecule has 2 aromatic heterocycles. The molecule has 6 heterocycles. The molecule has 3 fully saturated rings. The maximum Gasteiger partial charge on any atom is 0.138 e. The Kier molecular flexibility index (Phi) is 10.2. The van der Waals surface area contributed by atoms with Crippen LogP contribution in [0.3, 0.4) is 0 Å². The van der Waals surface area contributed by atoms with E-state index in [2.05, 4.69) is 30.4 Å². The van der Waals surface area contributed by atoms with Crippen LogP contribution in [0.1, 0.15) is 95.4 Å². The molecule has 8 nitrogen and oxygen atoms in total. The van der Waals surface area contributed by atoms with Crippen LogP contribution < -0.4 is 9.47 Å². The van der Waals surface area contributed by atoms with Crippen LogP contribution in [0.15, 0.2) is 86.8 Å². The molecule has 12 heteroatoms. The second kappa shape index (κ2) is 15.6. The highest BCUT2D eigenvalue weighted by Crippen LogP contribution is 2.65. The smallest absolute Gasteiger partial charge is 0.138 e. The van der Waals surface area contributed by atoms with Gasteiger partial charge in [-0.2, -0.15) is 21.0 Å². The summed E-state index contributed by atoms with van der Waals surface area (Å²) in [5, 5.41) is 38.1. The number of allylic oxidation sites excluding steroid dienone is 8. The zero-order valence-corrected chi connectivity index (χ0v) is 36.7. The van der Waals surface area contributed by atoms with Gasteiger partial charge in [0.2, 0.25) is 0 Å². The summed E-state index contributed by atoms with van der Waals surface area (Å²) in [5.74, 6) is 4.04. The van der Waals surface area contributed by atoms with Crippen molar-refractivity contribution in [3.8, 4) is 35.8 Å². The molecule has 2 aromatic rings. The lowest BCUT2D eigenvalue weighted by Gasteiger charge is -2.50. The van der Waals surface area contributed by atoms with Crippen molar-refractivity contribution in [2.45, 2.75) is 92.3 Å². The minimum atomic E-state index is -0.322. The lowest BCUT2D eigenvalue weighted by atomic mass is 9.68. The third kappa shape index (κ3) is 6.51. The Morgan fingerprint density at radius 3 is 2.03 bits per heavy atom. The molecule has 0 bridgehead atoms. The predicted octanol–water partition coefficient (Wildman–Crippen LogP) is 12.2. The fourth-order valence-electron chi connectivity index (χ4n) is 10.6. The maximum atomic E-state index is 9.44. The SMILES string of the molecule is COc1cc(C=C(C#N)C#N)sc1C1=CC2C(S1)C1=CC3C=C4OC5(CCCCC5)C5=C(SC(c6sc(C=C(C#N)C#N)cc6OC)C5)C4=CC3C=C1OC21CCCCC1. The fourth-order valence-corrected chi connectivity index (χ4v) is 16.2. The van der Waals surface area contributed by atoms with Crippen molar-refractivity contribution in [2.24, 2.45) is 17.8 Å². The molecule has 0 amide bonds. The first-order valence-corrected chi connectivity index (χ1v) is 24.2. The van der Waals surface area contributed by atoms with Crippen LogP contribution in [0, 0.1) is 63.1 Å². The molecular formula is C48H42N4O4S4. The molecule has 4 aliphatic carbocycles. The highest BCUT2D eigenvalue weighted by atomic mass is 32.2. The second-order valence-corrected chi connectivity index (χ2v) is 21.3. The Balaban J connectivity index is 1.00. The van der Waals surface area contributed by atoms with Crippen molar-refractivity contribution in [3.05, 3.63) is 106 Å². The quantitative estimate of drug-likeness (QED) is 0.258. The molecule has 10 rings (SSSR count). The topological polar surface area (TPSA) is 132 Å². The molecule has 4 aliphatic heterocycles. The first kappa shape index (κ1) is 39.3. The summed E-state index contributed by atoms with van der Waals surface area (Å²) in [5.41, 5.74) is 3.43. The largest absolute Gasteiger partial charge is 0.496 e. The Labute approximate surface area is 367 Å². The second-order valence-electron chi connectivity index (χ2n) is 16.7. The van der Waals surface area contributed by atoms with E-state index in [4.69, 9.17) is 18.9 Å². The van der Waals surface area contributed by atoms with Gasteiger partial charge in [0.05, 0.1) is 29.2 Å². The Morgan fingerprint density at radius 2 is 1.35 bits per heavy atom. The van der Waals surface area contributed by atoms with Crippen molar-refractivity contribution < 1.29 is 18.9 Å². The zero-order chi connectivity index (χ0) is 41.2. The van der Waals surface area contributed by atoms with Gasteiger partial charge in [0, 0.05) is 53.7 Å². The number of rotatable bonds is 6. The van der Waals surface area contributed by atoms with E-state index in [1.54, 1.807) is 49.0 Å². The maximum absolute atomic E-state index is 9.44. The molecule has 2 spiro atoms. The molecule has 302 valence electrons. The van der Waals surface area contributed by atoms with E-state index in [-0.39, 0.29) is 50.6 Å². The van der Waals surface area contributed by atoms with Crippen LogP contribution in [0.4, 0.5) is 0 Å². The number of thioether (sulfide) groups is 2. The third-order valence-corrected chi connectivity index (χ3v) is 18.7. The van der Waals surface area contributed by atoms with Gasteiger partial charge in [-0.3, -0.25) is 0 Å². The summed E-state index contributed by atoms with van der Waals surface area (Å²) in [6.07, 6.45) is 27.4.